The minimum absolute atomic E-state index is 0.145. The molecular weight excluding hydrogens is 356 g/mol. The molecule has 144 valence electrons. The fourth-order valence-corrected chi connectivity index (χ4v) is 2.86. The van der Waals surface area contributed by atoms with Crippen LogP contribution < -0.4 is 22.1 Å². The van der Waals surface area contributed by atoms with E-state index >= 15 is 0 Å². The average Bonchev–Trinajstić information content (AvgIpc) is 3.04. The molecule has 0 fully saturated rings. The SMILES string of the molecule is Cn1c(=O)c2c(ncn2CCNCC(O)c2cc(O)[nH]c(=O)c2)n(C)c1=O. The molecule has 11 heteroatoms. The van der Waals surface area contributed by atoms with Gasteiger partial charge in [0.25, 0.3) is 11.1 Å². The molecule has 0 aliphatic carbocycles. The predicted molar refractivity (Wildman–Crippen MR) is 96.8 cm³/mol. The van der Waals surface area contributed by atoms with Gasteiger partial charge in [-0.1, -0.05) is 0 Å². The molecule has 27 heavy (non-hydrogen) atoms. The molecule has 0 bridgehead atoms. The van der Waals surface area contributed by atoms with E-state index in [-0.39, 0.29) is 12.4 Å². The number of aromatic amines is 1. The number of aliphatic hydroxyl groups is 1. The number of aliphatic hydroxyl groups excluding tert-OH is 1. The highest BCUT2D eigenvalue weighted by Crippen LogP contribution is 2.13. The van der Waals surface area contributed by atoms with Crippen molar-refractivity contribution >= 4 is 11.2 Å². The predicted octanol–water partition coefficient (Wildman–Crippen LogP) is -1.85. The van der Waals surface area contributed by atoms with Crippen molar-refractivity contribution in [3.8, 4) is 5.88 Å². The molecule has 4 N–H and O–H groups in total. The Morgan fingerprint density at radius 2 is 1.96 bits per heavy atom. The summed E-state index contributed by atoms with van der Waals surface area (Å²) in [6.45, 7) is 0.937. The minimum atomic E-state index is -0.980. The second-order valence-electron chi connectivity index (χ2n) is 6.20. The molecule has 3 aromatic heterocycles. The van der Waals surface area contributed by atoms with E-state index in [1.54, 1.807) is 11.6 Å². The first-order valence-electron chi connectivity index (χ1n) is 8.22. The van der Waals surface area contributed by atoms with Crippen LogP contribution in [0.1, 0.15) is 11.7 Å². The van der Waals surface area contributed by atoms with Gasteiger partial charge in [0.2, 0.25) is 0 Å². The Morgan fingerprint density at radius 3 is 2.67 bits per heavy atom. The number of rotatable bonds is 6. The molecule has 0 aromatic carbocycles. The monoisotopic (exact) mass is 376 g/mol. The lowest BCUT2D eigenvalue weighted by Crippen LogP contribution is -2.37. The maximum Gasteiger partial charge on any atom is 0.332 e. The fraction of sp³-hybridized carbons (Fsp3) is 0.375. The van der Waals surface area contributed by atoms with Crippen molar-refractivity contribution in [1.29, 1.82) is 0 Å². The average molecular weight is 376 g/mol. The number of aryl methyl sites for hydroxylation is 1. The first-order valence-corrected chi connectivity index (χ1v) is 8.22. The van der Waals surface area contributed by atoms with E-state index in [9.17, 15) is 24.6 Å². The van der Waals surface area contributed by atoms with Crippen LogP contribution in [-0.2, 0) is 20.6 Å². The lowest BCUT2D eigenvalue weighted by Gasteiger charge is -2.12. The zero-order chi connectivity index (χ0) is 19.7. The normalized spacial score (nSPS) is 12.6. The Balaban J connectivity index is 1.69. The van der Waals surface area contributed by atoms with E-state index < -0.39 is 22.9 Å². The second-order valence-corrected chi connectivity index (χ2v) is 6.20. The van der Waals surface area contributed by atoms with Gasteiger partial charge in [0.1, 0.15) is 0 Å². The van der Waals surface area contributed by atoms with Crippen molar-refractivity contribution in [2.24, 2.45) is 14.1 Å². The highest BCUT2D eigenvalue weighted by Gasteiger charge is 2.14. The van der Waals surface area contributed by atoms with Gasteiger partial charge < -0.3 is 20.1 Å². The number of fused-ring (bicyclic) bond motifs is 1. The molecule has 0 aliphatic rings. The summed E-state index contributed by atoms with van der Waals surface area (Å²) in [6, 6.07) is 2.49. The number of nitrogens with one attached hydrogen (secondary N) is 2. The van der Waals surface area contributed by atoms with E-state index in [4.69, 9.17) is 0 Å². The maximum atomic E-state index is 12.3. The summed E-state index contributed by atoms with van der Waals surface area (Å²) in [6.07, 6.45) is 0.504. The topological polar surface area (TPSA) is 147 Å². The number of hydrogen-bond donors (Lipinski definition) is 4. The van der Waals surface area contributed by atoms with Gasteiger partial charge in [-0.15, -0.1) is 0 Å². The third-order valence-electron chi connectivity index (χ3n) is 4.32. The third kappa shape index (κ3) is 3.55. The summed E-state index contributed by atoms with van der Waals surface area (Å²) in [5.74, 6) is -0.317. The van der Waals surface area contributed by atoms with Gasteiger partial charge in [-0.3, -0.25) is 23.7 Å². The second kappa shape index (κ2) is 7.21. The zero-order valence-electron chi connectivity index (χ0n) is 14.8. The molecule has 0 spiro atoms. The standard InChI is InChI=1S/C16H20N6O5/c1-20-14-13(15(26)21(2)16(20)27)22(8-18-14)4-3-17-7-10(23)9-5-11(24)19-12(25)6-9/h5-6,8,10,17,23H,3-4,7H2,1-2H3,(H2,19,24,25). The van der Waals surface area contributed by atoms with E-state index in [0.29, 0.717) is 29.8 Å². The van der Waals surface area contributed by atoms with Crippen LogP contribution in [-0.4, -0.2) is 47.0 Å². The molecule has 0 aliphatic heterocycles. The van der Waals surface area contributed by atoms with Crippen molar-refractivity contribution < 1.29 is 10.2 Å². The molecule has 0 amide bonds. The number of imidazole rings is 1. The fourth-order valence-electron chi connectivity index (χ4n) is 2.86. The summed E-state index contributed by atoms with van der Waals surface area (Å²) in [5, 5.41) is 22.5. The molecule has 0 saturated carbocycles. The van der Waals surface area contributed by atoms with Crippen LogP contribution >= 0.6 is 0 Å². The van der Waals surface area contributed by atoms with E-state index in [0.717, 1.165) is 4.57 Å². The van der Waals surface area contributed by atoms with E-state index in [1.807, 2.05) is 0 Å². The molecule has 3 heterocycles. The van der Waals surface area contributed by atoms with E-state index in [1.165, 1.54) is 30.1 Å². The van der Waals surface area contributed by atoms with Crippen molar-refractivity contribution in [2.45, 2.75) is 12.6 Å². The molecule has 3 rings (SSSR count). The van der Waals surface area contributed by atoms with Crippen LogP contribution in [0.2, 0.25) is 0 Å². The number of aromatic hydroxyl groups is 1. The van der Waals surface area contributed by atoms with Gasteiger partial charge in [-0.25, -0.2) is 9.78 Å². The van der Waals surface area contributed by atoms with Crippen molar-refractivity contribution in [1.82, 2.24) is 29.0 Å². The Bertz CT molecular complexity index is 1150. The molecule has 0 saturated heterocycles. The van der Waals surface area contributed by atoms with Gasteiger partial charge in [-0.2, -0.15) is 0 Å². The Morgan fingerprint density at radius 1 is 1.22 bits per heavy atom. The molecule has 1 atom stereocenters. The lowest BCUT2D eigenvalue weighted by atomic mass is 10.1. The maximum absolute atomic E-state index is 12.3. The highest BCUT2D eigenvalue weighted by atomic mass is 16.3. The third-order valence-corrected chi connectivity index (χ3v) is 4.32. The first kappa shape index (κ1) is 18.6. The smallest absolute Gasteiger partial charge is 0.332 e. The van der Waals surface area contributed by atoms with Crippen LogP contribution in [0, 0.1) is 0 Å². The Hall–Kier alpha value is -3.18. The van der Waals surface area contributed by atoms with Crippen molar-refractivity contribution in [3.05, 3.63) is 55.2 Å². The summed E-state index contributed by atoms with van der Waals surface area (Å²) in [7, 11) is 2.96. The first-order chi connectivity index (χ1) is 12.8. The van der Waals surface area contributed by atoms with Crippen molar-refractivity contribution in [2.75, 3.05) is 13.1 Å². The summed E-state index contributed by atoms with van der Waals surface area (Å²) in [4.78, 5) is 41.9. The van der Waals surface area contributed by atoms with Gasteiger partial charge >= 0.3 is 5.69 Å². The largest absolute Gasteiger partial charge is 0.495 e. The minimum Gasteiger partial charge on any atom is -0.495 e. The van der Waals surface area contributed by atoms with Crippen LogP contribution in [0.4, 0.5) is 0 Å². The summed E-state index contributed by atoms with van der Waals surface area (Å²) in [5.41, 5.74) is -0.454. The molecule has 3 aromatic rings. The van der Waals surface area contributed by atoms with E-state index in [2.05, 4.69) is 15.3 Å². The molecule has 0 radical (unpaired) electrons. The number of pyridine rings is 1. The number of nitrogens with zero attached hydrogens (tertiary/aromatic N) is 4. The summed E-state index contributed by atoms with van der Waals surface area (Å²) >= 11 is 0. The summed E-state index contributed by atoms with van der Waals surface area (Å²) < 4.78 is 3.97. The zero-order valence-corrected chi connectivity index (χ0v) is 14.8. The number of hydrogen-bond acceptors (Lipinski definition) is 7. The van der Waals surface area contributed by atoms with Crippen LogP contribution in [0.3, 0.4) is 0 Å². The van der Waals surface area contributed by atoms with Gasteiger partial charge in [0.15, 0.2) is 17.0 Å². The molecule has 11 nitrogen and oxygen atoms in total. The van der Waals surface area contributed by atoms with Crippen LogP contribution in [0.15, 0.2) is 32.8 Å². The van der Waals surface area contributed by atoms with Crippen molar-refractivity contribution in [3.63, 3.8) is 0 Å². The van der Waals surface area contributed by atoms with Crippen LogP contribution in [0.5, 0.6) is 5.88 Å². The number of aromatic nitrogens is 5. The quantitative estimate of drug-likeness (QED) is 0.369. The Labute approximate surface area is 152 Å². The van der Waals surface area contributed by atoms with Gasteiger partial charge in [-0.05, 0) is 5.56 Å². The number of H-pyrrole nitrogens is 1. The highest BCUT2D eigenvalue weighted by molar-refractivity contribution is 5.69. The lowest BCUT2D eigenvalue weighted by molar-refractivity contribution is 0.174. The Kier molecular flexibility index (Phi) is 4.97. The van der Waals surface area contributed by atoms with Gasteiger partial charge in [0, 0.05) is 45.9 Å². The molecule has 1 unspecified atom stereocenters. The molecular formula is C16H20N6O5. The van der Waals surface area contributed by atoms with Gasteiger partial charge in [0.05, 0.1) is 12.4 Å². The van der Waals surface area contributed by atoms with Crippen LogP contribution in [0.25, 0.3) is 11.2 Å².